The molecule has 0 spiro atoms. The Morgan fingerprint density at radius 2 is 1.90 bits per heavy atom. The molecule has 0 heterocycles. The summed E-state index contributed by atoms with van der Waals surface area (Å²) in [6.45, 7) is 4.08. The van der Waals surface area contributed by atoms with Gasteiger partial charge in [0.25, 0.3) is 0 Å². The predicted octanol–water partition coefficient (Wildman–Crippen LogP) is 0.424. The van der Waals surface area contributed by atoms with Crippen LogP contribution in [0.2, 0.25) is 0 Å². The van der Waals surface area contributed by atoms with Crippen molar-refractivity contribution in [1.29, 1.82) is 0 Å². The number of rotatable bonds is 7. The number of aryl methyl sites for hydroxylation is 1. The van der Waals surface area contributed by atoms with E-state index in [4.69, 9.17) is 4.74 Å². The first-order valence-electron chi connectivity index (χ1n) is 6.22. The zero-order valence-corrected chi connectivity index (χ0v) is 12.7. The minimum absolute atomic E-state index is 0.139. The van der Waals surface area contributed by atoms with Gasteiger partial charge in [0, 0.05) is 13.7 Å². The van der Waals surface area contributed by atoms with Crippen molar-refractivity contribution in [2.24, 2.45) is 0 Å². The molecule has 1 rings (SSSR count). The van der Waals surface area contributed by atoms with Crippen LogP contribution in [0.25, 0.3) is 0 Å². The van der Waals surface area contributed by atoms with Crippen molar-refractivity contribution < 1.29 is 17.9 Å². The normalized spacial score (nSPS) is 12.9. The van der Waals surface area contributed by atoms with Gasteiger partial charge in [0.05, 0.1) is 17.5 Å². The van der Waals surface area contributed by atoms with Crippen LogP contribution < -0.4 is 10.0 Å². The lowest BCUT2D eigenvalue weighted by Gasteiger charge is -2.14. The summed E-state index contributed by atoms with van der Waals surface area (Å²) >= 11 is 0. The van der Waals surface area contributed by atoms with Gasteiger partial charge in [-0.25, -0.2) is 8.42 Å². The first kappa shape index (κ1) is 16.6. The van der Waals surface area contributed by atoms with Gasteiger partial charge < -0.3 is 10.1 Å². The largest absolute Gasteiger partial charge is 0.383 e. The molecule has 0 aromatic heterocycles. The topological polar surface area (TPSA) is 84.5 Å². The minimum Gasteiger partial charge on any atom is -0.383 e. The van der Waals surface area contributed by atoms with Gasteiger partial charge in [-0.15, -0.1) is 0 Å². The van der Waals surface area contributed by atoms with E-state index in [-0.39, 0.29) is 4.90 Å². The van der Waals surface area contributed by atoms with Crippen LogP contribution in [-0.2, 0) is 19.6 Å². The number of benzene rings is 1. The number of nitrogens with one attached hydrogen (secondary N) is 2. The molecule has 112 valence electrons. The smallest absolute Gasteiger partial charge is 0.241 e. The molecule has 0 radical (unpaired) electrons. The Kier molecular flexibility index (Phi) is 6.12. The van der Waals surface area contributed by atoms with E-state index < -0.39 is 22.0 Å². The number of ether oxygens (including phenoxy) is 1. The molecule has 0 aliphatic heterocycles. The van der Waals surface area contributed by atoms with Crippen molar-refractivity contribution in [2.45, 2.75) is 24.8 Å². The first-order chi connectivity index (χ1) is 9.36. The Morgan fingerprint density at radius 3 is 2.45 bits per heavy atom. The summed E-state index contributed by atoms with van der Waals surface area (Å²) in [5.74, 6) is -0.391. The van der Waals surface area contributed by atoms with Gasteiger partial charge in [-0.2, -0.15) is 4.72 Å². The monoisotopic (exact) mass is 300 g/mol. The molecule has 1 aromatic carbocycles. The molecule has 20 heavy (non-hydrogen) atoms. The molecule has 6 nitrogen and oxygen atoms in total. The summed E-state index contributed by atoms with van der Waals surface area (Å²) in [4.78, 5) is 11.8. The summed E-state index contributed by atoms with van der Waals surface area (Å²) in [7, 11) is -2.17. The van der Waals surface area contributed by atoms with Gasteiger partial charge in [0.15, 0.2) is 0 Å². The molecule has 2 N–H and O–H groups in total. The number of carbonyl (C=O) groups is 1. The van der Waals surface area contributed by atoms with Gasteiger partial charge in [-0.1, -0.05) is 17.7 Å². The molecule has 0 fully saturated rings. The molecule has 0 aliphatic carbocycles. The van der Waals surface area contributed by atoms with E-state index in [1.54, 1.807) is 12.1 Å². The van der Waals surface area contributed by atoms with Crippen molar-refractivity contribution in [3.05, 3.63) is 29.8 Å². The van der Waals surface area contributed by atoms with Crippen molar-refractivity contribution >= 4 is 15.9 Å². The molecule has 0 bridgehead atoms. The maximum atomic E-state index is 12.1. The SMILES string of the molecule is COCCNC(=O)[C@H](C)NS(=O)(=O)c1ccc(C)cc1. The number of sulfonamides is 1. The Hall–Kier alpha value is -1.44. The second-order valence-corrected chi connectivity index (χ2v) is 6.15. The molecule has 0 aliphatic rings. The second-order valence-electron chi connectivity index (χ2n) is 4.44. The van der Waals surface area contributed by atoms with Crippen molar-refractivity contribution in [1.82, 2.24) is 10.0 Å². The maximum Gasteiger partial charge on any atom is 0.241 e. The Bertz CT molecular complexity index is 540. The van der Waals surface area contributed by atoms with E-state index >= 15 is 0 Å². The number of hydrogen-bond acceptors (Lipinski definition) is 4. The molecular weight excluding hydrogens is 280 g/mol. The van der Waals surface area contributed by atoms with Crippen LogP contribution in [0.1, 0.15) is 12.5 Å². The van der Waals surface area contributed by atoms with Gasteiger partial charge in [0.2, 0.25) is 15.9 Å². The number of carbonyl (C=O) groups excluding carboxylic acids is 1. The standard InChI is InChI=1S/C13H20N2O4S/c1-10-4-6-12(7-5-10)20(17,18)15-11(2)13(16)14-8-9-19-3/h4-7,11,15H,8-9H2,1-3H3,(H,14,16)/t11-/m0/s1. The zero-order valence-electron chi connectivity index (χ0n) is 11.8. The van der Waals surface area contributed by atoms with Crippen molar-refractivity contribution in [2.75, 3.05) is 20.3 Å². The lowest BCUT2D eigenvalue weighted by molar-refractivity contribution is -0.122. The van der Waals surface area contributed by atoms with E-state index in [1.807, 2.05) is 6.92 Å². The summed E-state index contributed by atoms with van der Waals surface area (Å²) in [5, 5.41) is 2.58. The first-order valence-corrected chi connectivity index (χ1v) is 7.71. The third-order valence-electron chi connectivity index (χ3n) is 2.66. The van der Waals surface area contributed by atoms with Crippen LogP contribution in [0, 0.1) is 6.92 Å². The molecule has 1 atom stereocenters. The average molecular weight is 300 g/mol. The van der Waals surface area contributed by atoms with Gasteiger partial charge in [-0.05, 0) is 26.0 Å². The Labute approximate surface area is 119 Å². The van der Waals surface area contributed by atoms with Crippen LogP contribution in [0.4, 0.5) is 0 Å². The number of hydrogen-bond donors (Lipinski definition) is 2. The fourth-order valence-corrected chi connectivity index (χ4v) is 2.70. The second kappa shape index (κ2) is 7.37. The fourth-order valence-electron chi connectivity index (χ4n) is 1.50. The lowest BCUT2D eigenvalue weighted by atomic mass is 10.2. The highest BCUT2D eigenvalue weighted by molar-refractivity contribution is 7.89. The summed E-state index contributed by atoms with van der Waals surface area (Å²) in [5.41, 5.74) is 0.967. The van der Waals surface area contributed by atoms with Crippen LogP contribution >= 0.6 is 0 Å². The quantitative estimate of drug-likeness (QED) is 0.715. The van der Waals surface area contributed by atoms with Gasteiger partial charge >= 0.3 is 0 Å². The van der Waals surface area contributed by atoms with E-state index in [9.17, 15) is 13.2 Å². The summed E-state index contributed by atoms with van der Waals surface area (Å²) in [6, 6.07) is 5.58. The van der Waals surface area contributed by atoms with E-state index in [2.05, 4.69) is 10.0 Å². The van der Waals surface area contributed by atoms with E-state index in [1.165, 1.54) is 26.2 Å². The molecule has 0 unspecified atom stereocenters. The Morgan fingerprint density at radius 1 is 1.30 bits per heavy atom. The molecule has 7 heteroatoms. The number of methoxy groups -OCH3 is 1. The summed E-state index contributed by atoms with van der Waals surface area (Å²) in [6.07, 6.45) is 0. The van der Waals surface area contributed by atoms with E-state index in [0.29, 0.717) is 13.2 Å². The zero-order chi connectivity index (χ0) is 15.2. The van der Waals surface area contributed by atoms with Crippen LogP contribution in [0.15, 0.2) is 29.2 Å². The van der Waals surface area contributed by atoms with E-state index in [0.717, 1.165) is 5.56 Å². The molecule has 0 saturated heterocycles. The third kappa shape index (κ3) is 4.92. The van der Waals surface area contributed by atoms with Crippen molar-refractivity contribution in [3.8, 4) is 0 Å². The van der Waals surface area contributed by atoms with Crippen molar-refractivity contribution in [3.63, 3.8) is 0 Å². The lowest BCUT2D eigenvalue weighted by Crippen LogP contribution is -2.45. The van der Waals surface area contributed by atoms with Gasteiger partial charge in [0.1, 0.15) is 0 Å². The maximum absolute atomic E-state index is 12.1. The molecular formula is C13H20N2O4S. The van der Waals surface area contributed by atoms with Gasteiger partial charge in [-0.3, -0.25) is 4.79 Å². The molecule has 0 saturated carbocycles. The van der Waals surface area contributed by atoms with Crippen LogP contribution in [0.5, 0.6) is 0 Å². The van der Waals surface area contributed by atoms with Crippen LogP contribution in [0.3, 0.4) is 0 Å². The molecule has 1 aromatic rings. The average Bonchev–Trinajstić information content (AvgIpc) is 2.38. The third-order valence-corrected chi connectivity index (χ3v) is 4.22. The summed E-state index contributed by atoms with van der Waals surface area (Å²) < 4.78 is 31.3. The van der Waals surface area contributed by atoms with Crippen LogP contribution in [-0.4, -0.2) is 40.6 Å². The Balaban J connectivity index is 2.66. The highest BCUT2D eigenvalue weighted by Gasteiger charge is 2.21. The minimum atomic E-state index is -3.69. The highest BCUT2D eigenvalue weighted by Crippen LogP contribution is 2.10. The fraction of sp³-hybridized carbons (Fsp3) is 0.462. The highest BCUT2D eigenvalue weighted by atomic mass is 32.2. The number of amides is 1. The molecule has 1 amide bonds. The predicted molar refractivity (Wildman–Crippen MR) is 75.8 cm³/mol.